The van der Waals surface area contributed by atoms with Crippen molar-refractivity contribution in [2.75, 3.05) is 4.31 Å². The first kappa shape index (κ1) is 28.3. The molecule has 14 heteroatoms. The monoisotopic (exact) mass is 566 g/mol. The van der Waals surface area contributed by atoms with Gasteiger partial charge in [0, 0.05) is 6.20 Å². The van der Waals surface area contributed by atoms with Crippen molar-refractivity contribution < 1.29 is 44.7 Å². The van der Waals surface area contributed by atoms with Gasteiger partial charge in [0.15, 0.2) is 5.82 Å². The summed E-state index contributed by atoms with van der Waals surface area (Å²) >= 11 is 6.01. The maximum Gasteiger partial charge on any atom is 0.417 e. The molecule has 3 rings (SSSR count). The highest BCUT2D eigenvalue weighted by atomic mass is 35.5. The molecule has 0 unspecified atom stereocenters. The fourth-order valence-electron chi connectivity index (χ4n) is 3.16. The second-order valence-electron chi connectivity index (χ2n) is 8.30. The maximum atomic E-state index is 13.6. The molecule has 0 spiro atoms. The summed E-state index contributed by atoms with van der Waals surface area (Å²) < 4.78 is 107. The number of carbonyl (C=O) groups is 1. The summed E-state index contributed by atoms with van der Waals surface area (Å²) in [6, 6.07) is 8.45. The van der Waals surface area contributed by atoms with Crippen molar-refractivity contribution in [2.45, 2.75) is 36.5 Å². The minimum atomic E-state index is -4.84. The second kappa shape index (κ2) is 9.53. The van der Waals surface area contributed by atoms with Gasteiger partial charge in [0.25, 0.3) is 10.0 Å². The number of anilines is 2. The molecule has 1 aromatic heterocycles. The minimum absolute atomic E-state index is 0.210. The average Bonchev–Trinajstić information content (AvgIpc) is 2.79. The number of aromatic nitrogens is 1. The number of rotatable bonds is 6. The van der Waals surface area contributed by atoms with Crippen LogP contribution < -0.4 is 4.31 Å². The third-order valence-corrected chi connectivity index (χ3v) is 7.52. The van der Waals surface area contributed by atoms with Crippen molar-refractivity contribution >= 4 is 39.1 Å². The summed E-state index contributed by atoms with van der Waals surface area (Å²) in [5.41, 5.74) is -4.29. The van der Waals surface area contributed by atoms with Gasteiger partial charge in [0.2, 0.25) is 0 Å². The van der Waals surface area contributed by atoms with Crippen LogP contribution in [-0.4, -0.2) is 30.7 Å². The molecule has 198 valence electrons. The van der Waals surface area contributed by atoms with Crippen LogP contribution in [0.4, 0.5) is 37.8 Å². The molecule has 2 aromatic carbocycles. The Labute approximate surface area is 212 Å². The maximum absolute atomic E-state index is 13.6. The van der Waals surface area contributed by atoms with Gasteiger partial charge in [0.1, 0.15) is 0 Å². The van der Waals surface area contributed by atoms with Crippen LogP contribution >= 0.6 is 11.6 Å². The Hall–Kier alpha value is -3.32. The van der Waals surface area contributed by atoms with E-state index >= 15 is 0 Å². The Morgan fingerprint density at radius 3 is 1.89 bits per heavy atom. The number of hydrogen-bond acceptors (Lipinski definition) is 4. The zero-order chi connectivity index (χ0) is 28.0. The number of halogens is 7. The van der Waals surface area contributed by atoms with Crippen molar-refractivity contribution in [1.29, 1.82) is 0 Å². The summed E-state index contributed by atoms with van der Waals surface area (Å²) in [7, 11) is -4.71. The van der Waals surface area contributed by atoms with E-state index in [0.717, 1.165) is 62.4 Å². The van der Waals surface area contributed by atoms with Gasteiger partial charge in [-0.1, -0.05) is 23.7 Å². The molecule has 0 saturated carbocycles. The van der Waals surface area contributed by atoms with E-state index in [1.807, 2.05) is 0 Å². The third-order valence-electron chi connectivity index (χ3n) is 5.51. The van der Waals surface area contributed by atoms with Crippen molar-refractivity contribution in [3.8, 4) is 0 Å². The highest BCUT2D eigenvalue weighted by Crippen LogP contribution is 2.43. The SMILES string of the molecule is CC(C)(c1ccc(N(c2ncc(C(F)(F)F)cc2Cl)S(=O)(=O)c2ccc(C(=O)O)cc2)cc1)C(F)(F)F. The number of pyridine rings is 1. The van der Waals surface area contributed by atoms with E-state index in [2.05, 4.69) is 4.98 Å². The van der Waals surface area contributed by atoms with Crippen molar-refractivity contribution in [2.24, 2.45) is 0 Å². The molecule has 0 radical (unpaired) electrons. The van der Waals surface area contributed by atoms with Crippen molar-refractivity contribution in [3.63, 3.8) is 0 Å². The lowest BCUT2D eigenvalue weighted by atomic mass is 9.84. The highest BCUT2D eigenvalue weighted by Gasteiger charge is 2.48. The molecule has 37 heavy (non-hydrogen) atoms. The fourth-order valence-corrected chi connectivity index (χ4v) is 4.93. The molecular weight excluding hydrogens is 550 g/mol. The van der Waals surface area contributed by atoms with Gasteiger partial charge in [-0.15, -0.1) is 0 Å². The molecule has 0 fully saturated rings. The number of nitrogens with zero attached hydrogens (tertiary/aromatic N) is 2. The van der Waals surface area contributed by atoms with E-state index in [4.69, 9.17) is 16.7 Å². The standard InChI is InChI=1S/C23H17ClF6N2O4S/c1-21(2,23(28,29)30)14-5-7-16(8-6-14)32(19-18(24)11-15(12-31-19)22(25,26)27)37(35,36)17-9-3-13(4-10-17)20(33)34/h3-12H,1-2H3,(H,33,34). The van der Waals surface area contributed by atoms with Crippen molar-refractivity contribution in [1.82, 2.24) is 4.98 Å². The lowest BCUT2D eigenvalue weighted by Crippen LogP contribution is -2.36. The van der Waals surface area contributed by atoms with Gasteiger partial charge in [-0.3, -0.25) is 0 Å². The Balaban J connectivity index is 2.21. The first-order valence-corrected chi connectivity index (χ1v) is 12.0. The lowest BCUT2D eigenvalue weighted by molar-refractivity contribution is -0.180. The molecule has 0 aliphatic heterocycles. The number of alkyl halides is 6. The highest BCUT2D eigenvalue weighted by molar-refractivity contribution is 7.93. The molecule has 0 amide bonds. The Bertz CT molecular complexity index is 1420. The van der Waals surface area contributed by atoms with Gasteiger partial charge < -0.3 is 5.11 Å². The van der Waals surface area contributed by atoms with E-state index in [1.54, 1.807) is 0 Å². The number of carboxylic acid groups (broad SMARTS) is 1. The Morgan fingerprint density at radius 2 is 1.46 bits per heavy atom. The fraction of sp³-hybridized carbons (Fsp3) is 0.217. The Kier molecular flexibility index (Phi) is 7.27. The molecule has 0 saturated heterocycles. The van der Waals surface area contributed by atoms with Gasteiger partial charge in [-0.05, 0) is 61.9 Å². The number of hydrogen-bond donors (Lipinski definition) is 1. The lowest BCUT2D eigenvalue weighted by Gasteiger charge is -2.29. The predicted molar refractivity (Wildman–Crippen MR) is 122 cm³/mol. The van der Waals surface area contributed by atoms with Gasteiger partial charge >= 0.3 is 18.3 Å². The molecule has 0 aliphatic rings. The summed E-state index contributed by atoms with van der Waals surface area (Å²) in [5, 5.41) is 8.35. The predicted octanol–water partition coefficient (Wildman–Crippen LogP) is 6.82. The molecule has 0 bridgehead atoms. The second-order valence-corrected chi connectivity index (χ2v) is 10.5. The molecule has 1 N–H and O–H groups in total. The summed E-state index contributed by atoms with van der Waals surface area (Å²) in [5.74, 6) is -1.99. The smallest absolute Gasteiger partial charge is 0.417 e. The summed E-state index contributed by atoms with van der Waals surface area (Å²) in [6.45, 7) is 1.85. The number of sulfonamides is 1. The van der Waals surface area contributed by atoms with Crippen LogP contribution in [0.3, 0.4) is 0 Å². The molecule has 1 heterocycles. The van der Waals surface area contributed by atoms with E-state index in [-0.39, 0.29) is 16.8 Å². The quantitative estimate of drug-likeness (QED) is 0.331. The first-order chi connectivity index (χ1) is 16.9. The normalized spacial score (nSPS) is 12.9. The van der Waals surface area contributed by atoms with Gasteiger partial charge in [0.05, 0.1) is 32.1 Å². The van der Waals surface area contributed by atoms with Crippen molar-refractivity contribution in [3.05, 3.63) is 82.5 Å². The number of benzene rings is 2. The van der Waals surface area contributed by atoms with Crippen LogP contribution in [0.2, 0.25) is 5.02 Å². The van der Waals surface area contributed by atoms with E-state index in [9.17, 15) is 39.6 Å². The Morgan fingerprint density at radius 1 is 0.919 bits per heavy atom. The molecule has 6 nitrogen and oxygen atoms in total. The third kappa shape index (κ3) is 5.52. The van der Waals surface area contributed by atoms with E-state index < -0.39 is 55.1 Å². The van der Waals surface area contributed by atoms with Crippen LogP contribution in [0.5, 0.6) is 0 Å². The van der Waals surface area contributed by atoms with Crippen LogP contribution in [0.15, 0.2) is 65.7 Å². The zero-order valence-corrected chi connectivity index (χ0v) is 20.5. The summed E-state index contributed by atoms with van der Waals surface area (Å²) in [4.78, 5) is 14.2. The average molecular weight is 567 g/mol. The largest absolute Gasteiger partial charge is 0.478 e. The van der Waals surface area contributed by atoms with Crippen LogP contribution in [0.1, 0.15) is 35.3 Å². The van der Waals surface area contributed by atoms with Crippen LogP contribution in [0, 0.1) is 0 Å². The molecule has 3 aromatic rings. The van der Waals surface area contributed by atoms with E-state index in [0.29, 0.717) is 16.6 Å². The summed E-state index contributed by atoms with van der Waals surface area (Å²) in [6.07, 6.45) is -9.11. The minimum Gasteiger partial charge on any atom is -0.478 e. The van der Waals surface area contributed by atoms with Gasteiger partial charge in [-0.2, -0.15) is 26.3 Å². The van der Waals surface area contributed by atoms with Gasteiger partial charge in [-0.25, -0.2) is 22.5 Å². The number of carboxylic acids is 1. The molecular formula is C23H17ClF6N2O4S. The van der Waals surface area contributed by atoms with Crippen LogP contribution in [0.25, 0.3) is 0 Å². The molecule has 0 aliphatic carbocycles. The zero-order valence-electron chi connectivity index (χ0n) is 18.9. The van der Waals surface area contributed by atoms with Crippen LogP contribution in [-0.2, 0) is 21.6 Å². The number of aromatic carboxylic acids is 1. The first-order valence-electron chi connectivity index (χ1n) is 10.2. The van der Waals surface area contributed by atoms with E-state index in [1.165, 1.54) is 0 Å². The topological polar surface area (TPSA) is 87.6 Å². The molecule has 0 atom stereocenters.